The zero-order chi connectivity index (χ0) is 12.7. The molecule has 0 aliphatic heterocycles. The molecule has 92 valence electrons. The molecule has 4 nitrogen and oxygen atoms in total. The Morgan fingerprint density at radius 2 is 2.29 bits per heavy atom. The van der Waals surface area contributed by atoms with Gasteiger partial charge in [0.1, 0.15) is 5.69 Å². The highest BCUT2D eigenvalue weighted by Crippen LogP contribution is 2.12. The molecule has 3 N–H and O–H groups in total. The van der Waals surface area contributed by atoms with Crippen molar-refractivity contribution in [1.29, 1.82) is 0 Å². The Kier molecular flexibility index (Phi) is 6.07. The summed E-state index contributed by atoms with van der Waals surface area (Å²) in [6.07, 6.45) is 4.05. The molecule has 1 heterocycles. The summed E-state index contributed by atoms with van der Waals surface area (Å²) in [6, 6.07) is 3.55. The molecule has 0 radical (unpaired) electrons. The molecule has 0 saturated heterocycles. The number of unbranched alkanes of at least 4 members (excludes halogenated alkanes) is 1. The molecule has 0 unspecified atom stereocenters. The normalized spacial score (nSPS) is 9.94. The van der Waals surface area contributed by atoms with Gasteiger partial charge in [0.05, 0.1) is 4.99 Å². The van der Waals surface area contributed by atoms with Crippen LogP contribution in [0.25, 0.3) is 0 Å². The molecular weight excluding hydrogens is 302 g/mol. The molecule has 6 heteroatoms. The van der Waals surface area contributed by atoms with Crippen molar-refractivity contribution >= 4 is 39.0 Å². The largest absolute Gasteiger partial charge is 0.393 e. The molecule has 0 atom stereocenters. The second-order valence-electron chi connectivity index (χ2n) is 3.51. The Morgan fingerprint density at radius 1 is 1.53 bits per heavy atom. The number of carbonyl (C=O) groups excluding carboxylic acids is 1. The summed E-state index contributed by atoms with van der Waals surface area (Å²) in [5.41, 5.74) is 5.78. The summed E-state index contributed by atoms with van der Waals surface area (Å²) in [5.74, 6) is -0.173. The standard InChI is InChI=1S/C11H14BrN3OS/c12-8-4-3-7-14-10(8)11(16)15-6-2-1-5-9(13)17/h3-4,7H,1-2,5-6H2,(H2,13,17)(H,15,16). The van der Waals surface area contributed by atoms with Gasteiger partial charge < -0.3 is 11.1 Å². The fraction of sp³-hybridized carbons (Fsp3) is 0.364. The van der Waals surface area contributed by atoms with Gasteiger partial charge in [-0.1, -0.05) is 12.2 Å². The van der Waals surface area contributed by atoms with Crippen LogP contribution in [0.5, 0.6) is 0 Å². The van der Waals surface area contributed by atoms with Gasteiger partial charge in [-0.15, -0.1) is 0 Å². The first kappa shape index (κ1) is 14.1. The fourth-order valence-electron chi connectivity index (χ4n) is 1.26. The number of hydrogen-bond acceptors (Lipinski definition) is 3. The van der Waals surface area contributed by atoms with Crippen LogP contribution in [0, 0.1) is 0 Å². The van der Waals surface area contributed by atoms with Crippen LogP contribution in [-0.4, -0.2) is 22.4 Å². The van der Waals surface area contributed by atoms with Crippen molar-refractivity contribution in [3.8, 4) is 0 Å². The van der Waals surface area contributed by atoms with Crippen molar-refractivity contribution in [1.82, 2.24) is 10.3 Å². The predicted molar refractivity (Wildman–Crippen MR) is 74.9 cm³/mol. The number of aromatic nitrogens is 1. The molecule has 1 rings (SSSR count). The molecular formula is C11H14BrN3OS. The second kappa shape index (κ2) is 7.34. The van der Waals surface area contributed by atoms with Crippen molar-refractivity contribution in [3.63, 3.8) is 0 Å². The van der Waals surface area contributed by atoms with E-state index in [9.17, 15) is 4.79 Å². The minimum Gasteiger partial charge on any atom is -0.393 e. The number of rotatable bonds is 6. The highest BCUT2D eigenvalue weighted by Gasteiger charge is 2.09. The number of nitrogens with zero attached hydrogens (tertiary/aromatic N) is 1. The Labute approximate surface area is 114 Å². The zero-order valence-corrected chi connectivity index (χ0v) is 11.7. The molecule has 0 spiro atoms. The first-order valence-electron chi connectivity index (χ1n) is 5.28. The van der Waals surface area contributed by atoms with Crippen molar-refractivity contribution in [2.45, 2.75) is 19.3 Å². The molecule has 1 aromatic rings. The molecule has 17 heavy (non-hydrogen) atoms. The summed E-state index contributed by atoms with van der Waals surface area (Å²) in [6.45, 7) is 0.602. The maximum absolute atomic E-state index is 11.7. The van der Waals surface area contributed by atoms with E-state index in [4.69, 9.17) is 18.0 Å². The molecule has 0 aliphatic carbocycles. The summed E-state index contributed by atoms with van der Waals surface area (Å²) in [7, 11) is 0. The first-order chi connectivity index (χ1) is 8.11. The van der Waals surface area contributed by atoms with Crippen LogP contribution >= 0.6 is 28.1 Å². The van der Waals surface area contributed by atoms with Gasteiger partial charge in [-0.25, -0.2) is 4.98 Å². The van der Waals surface area contributed by atoms with Gasteiger partial charge in [-0.2, -0.15) is 0 Å². The SMILES string of the molecule is NC(=S)CCCCNC(=O)c1ncccc1Br. The highest BCUT2D eigenvalue weighted by atomic mass is 79.9. The van der Waals surface area contributed by atoms with Crippen molar-refractivity contribution in [2.24, 2.45) is 5.73 Å². The first-order valence-corrected chi connectivity index (χ1v) is 6.48. The molecule has 0 bridgehead atoms. The van der Waals surface area contributed by atoms with Gasteiger partial charge in [0.25, 0.3) is 5.91 Å². The van der Waals surface area contributed by atoms with Crippen LogP contribution in [0.4, 0.5) is 0 Å². The van der Waals surface area contributed by atoms with Gasteiger partial charge >= 0.3 is 0 Å². The number of amides is 1. The van der Waals surface area contributed by atoms with Gasteiger partial charge in [-0.3, -0.25) is 4.79 Å². The van der Waals surface area contributed by atoms with E-state index < -0.39 is 0 Å². The average Bonchev–Trinajstić information content (AvgIpc) is 2.28. The maximum Gasteiger partial charge on any atom is 0.271 e. The summed E-state index contributed by atoms with van der Waals surface area (Å²) in [4.78, 5) is 16.2. The number of carbonyl (C=O) groups is 1. The van der Waals surface area contributed by atoms with Crippen LogP contribution in [0.1, 0.15) is 29.8 Å². The van der Waals surface area contributed by atoms with Crippen LogP contribution in [0.15, 0.2) is 22.8 Å². The van der Waals surface area contributed by atoms with E-state index in [2.05, 4.69) is 26.2 Å². The predicted octanol–water partition coefficient (Wildman–Crippen LogP) is 2.03. The lowest BCUT2D eigenvalue weighted by molar-refractivity contribution is 0.0947. The lowest BCUT2D eigenvalue weighted by atomic mass is 10.2. The summed E-state index contributed by atoms with van der Waals surface area (Å²) < 4.78 is 0.695. The highest BCUT2D eigenvalue weighted by molar-refractivity contribution is 9.10. The van der Waals surface area contributed by atoms with Crippen molar-refractivity contribution in [3.05, 3.63) is 28.5 Å². The molecule has 0 saturated carbocycles. The number of halogens is 1. The molecule has 0 aromatic carbocycles. The van der Waals surface area contributed by atoms with E-state index in [-0.39, 0.29) is 5.91 Å². The van der Waals surface area contributed by atoms with E-state index >= 15 is 0 Å². The second-order valence-corrected chi connectivity index (χ2v) is 4.89. The lowest BCUT2D eigenvalue weighted by Crippen LogP contribution is -2.25. The number of pyridine rings is 1. The minimum atomic E-state index is -0.173. The zero-order valence-electron chi connectivity index (χ0n) is 9.28. The topological polar surface area (TPSA) is 68.0 Å². The Morgan fingerprint density at radius 3 is 2.94 bits per heavy atom. The summed E-state index contributed by atoms with van der Waals surface area (Å²) >= 11 is 8.05. The van der Waals surface area contributed by atoms with Crippen LogP contribution in [-0.2, 0) is 0 Å². The molecule has 0 aliphatic rings. The van der Waals surface area contributed by atoms with E-state index in [1.165, 1.54) is 0 Å². The third kappa shape index (κ3) is 5.23. The Balaban J connectivity index is 2.31. The van der Waals surface area contributed by atoms with Crippen LogP contribution in [0.3, 0.4) is 0 Å². The quantitative estimate of drug-likeness (QED) is 0.622. The van der Waals surface area contributed by atoms with Crippen LogP contribution in [0.2, 0.25) is 0 Å². The lowest BCUT2D eigenvalue weighted by Gasteiger charge is -2.05. The third-order valence-electron chi connectivity index (χ3n) is 2.11. The van der Waals surface area contributed by atoms with E-state index in [1.807, 2.05) is 0 Å². The number of hydrogen-bond donors (Lipinski definition) is 2. The van der Waals surface area contributed by atoms with E-state index in [0.29, 0.717) is 21.7 Å². The summed E-state index contributed by atoms with van der Waals surface area (Å²) in [5, 5.41) is 2.80. The average molecular weight is 316 g/mol. The molecule has 0 fully saturated rings. The van der Waals surface area contributed by atoms with Crippen molar-refractivity contribution in [2.75, 3.05) is 6.54 Å². The Bertz CT molecular complexity index is 411. The van der Waals surface area contributed by atoms with Gasteiger partial charge in [0, 0.05) is 17.2 Å². The van der Waals surface area contributed by atoms with Gasteiger partial charge in [0.15, 0.2) is 0 Å². The number of thiocarbonyl (C=S) groups is 1. The van der Waals surface area contributed by atoms with Crippen LogP contribution < -0.4 is 11.1 Å². The maximum atomic E-state index is 11.7. The minimum absolute atomic E-state index is 0.173. The monoisotopic (exact) mass is 315 g/mol. The van der Waals surface area contributed by atoms with E-state index in [1.54, 1.807) is 18.3 Å². The van der Waals surface area contributed by atoms with Gasteiger partial charge in [0.2, 0.25) is 0 Å². The number of nitrogens with two attached hydrogens (primary N) is 1. The molecule has 1 aromatic heterocycles. The number of nitrogens with one attached hydrogen (secondary N) is 1. The third-order valence-corrected chi connectivity index (χ3v) is 2.95. The Hall–Kier alpha value is -1.01. The van der Waals surface area contributed by atoms with Gasteiger partial charge in [-0.05, 0) is 47.3 Å². The van der Waals surface area contributed by atoms with Crippen molar-refractivity contribution < 1.29 is 4.79 Å². The molecule has 1 amide bonds. The van der Waals surface area contributed by atoms with E-state index in [0.717, 1.165) is 19.3 Å². The fourth-order valence-corrected chi connectivity index (χ4v) is 1.84. The smallest absolute Gasteiger partial charge is 0.271 e.